The molecule has 1 aromatic carbocycles. The summed E-state index contributed by atoms with van der Waals surface area (Å²) in [5.74, 6) is 0.309. The van der Waals surface area contributed by atoms with Crippen LogP contribution in [0.5, 0.6) is 5.75 Å². The average Bonchev–Trinajstić information content (AvgIpc) is 2.95. The molecule has 7 heteroatoms. The first-order valence-electron chi connectivity index (χ1n) is 14.0. The van der Waals surface area contributed by atoms with E-state index in [9.17, 15) is 9.59 Å². The topological polar surface area (TPSA) is 102 Å². The molecule has 0 spiro atoms. The number of aliphatic hydroxyl groups excluding tert-OH is 2. The Kier molecular flexibility index (Phi) is 14.8. The number of benzene rings is 1. The van der Waals surface area contributed by atoms with Crippen molar-refractivity contribution in [2.24, 2.45) is 17.8 Å². The molecular weight excluding hydrogens is 484 g/mol. The summed E-state index contributed by atoms with van der Waals surface area (Å²) in [5, 5.41) is 18.2. The van der Waals surface area contributed by atoms with Gasteiger partial charge in [-0.05, 0) is 68.1 Å². The molecule has 0 bridgehead atoms. The molecule has 212 valence electrons. The van der Waals surface area contributed by atoms with Gasteiger partial charge < -0.3 is 24.4 Å². The van der Waals surface area contributed by atoms with Crippen LogP contribution in [0.4, 0.5) is 0 Å². The molecule has 0 unspecified atom stereocenters. The van der Waals surface area contributed by atoms with Gasteiger partial charge in [-0.1, -0.05) is 57.9 Å². The van der Waals surface area contributed by atoms with Crippen molar-refractivity contribution in [3.63, 3.8) is 0 Å². The fourth-order valence-corrected chi connectivity index (χ4v) is 4.86. The molecule has 1 aromatic rings. The van der Waals surface area contributed by atoms with E-state index in [2.05, 4.69) is 44.3 Å². The second-order valence-electron chi connectivity index (χ2n) is 10.4. The van der Waals surface area contributed by atoms with Crippen LogP contribution in [0.2, 0.25) is 0 Å². The summed E-state index contributed by atoms with van der Waals surface area (Å²) in [6.45, 7) is 9.14. The quantitative estimate of drug-likeness (QED) is 0.153. The molecule has 1 aliphatic carbocycles. The normalized spacial score (nSPS) is 17.2. The first kappa shape index (κ1) is 31.6. The van der Waals surface area contributed by atoms with Crippen LogP contribution >= 0.6 is 0 Å². The Labute approximate surface area is 227 Å². The highest BCUT2D eigenvalue weighted by Crippen LogP contribution is 2.36. The van der Waals surface area contributed by atoms with Gasteiger partial charge in [0.25, 0.3) is 0 Å². The predicted molar refractivity (Wildman–Crippen MR) is 148 cm³/mol. The van der Waals surface area contributed by atoms with E-state index in [0.29, 0.717) is 12.5 Å². The molecule has 1 saturated carbocycles. The highest BCUT2D eigenvalue weighted by Gasteiger charge is 2.30. The minimum absolute atomic E-state index is 0.0109. The van der Waals surface area contributed by atoms with E-state index in [-0.39, 0.29) is 36.2 Å². The lowest BCUT2D eigenvalue weighted by atomic mass is 9.75. The molecule has 2 rings (SSSR count). The van der Waals surface area contributed by atoms with Crippen molar-refractivity contribution in [3.05, 3.63) is 54.1 Å². The molecule has 0 saturated heterocycles. The van der Waals surface area contributed by atoms with E-state index in [1.807, 2.05) is 0 Å². The van der Waals surface area contributed by atoms with E-state index in [1.54, 1.807) is 0 Å². The Balaban J connectivity index is 1.75. The summed E-state index contributed by atoms with van der Waals surface area (Å²) < 4.78 is 16.6. The van der Waals surface area contributed by atoms with Gasteiger partial charge in [-0.25, -0.2) is 9.59 Å². The average molecular weight is 531 g/mol. The zero-order chi connectivity index (χ0) is 27.8. The maximum atomic E-state index is 12.0. The molecule has 1 fully saturated rings. The van der Waals surface area contributed by atoms with E-state index >= 15 is 0 Å². The Morgan fingerprint density at radius 3 is 2.00 bits per heavy atom. The summed E-state index contributed by atoms with van der Waals surface area (Å²) in [7, 11) is 0. The molecule has 0 amide bonds. The summed E-state index contributed by atoms with van der Waals surface area (Å²) in [6, 6.07) is 8.46. The van der Waals surface area contributed by atoms with Crippen LogP contribution in [-0.4, -0.2) is 55.2 Å². The third-order valence-corrected chi connectivity index (χ3v) is 7.39. The molecule has 38 heavy (non-hydrogen) atoms. The molecule has 2 N–H and O–H groups in total. The van der Waals surface area contributed by atoms with Gasteiger partial charge in [0.05, 0.1) is 44.2 Å². The molecule has 0 aromatic heterocycles. The monoisotopic (exact) mass is 530 g/mol. The van der Waals surface area contributed by atoms with Gasteiger partial charge in [0.15, 0.2) is 0 Å². The fraction of sp³-hybridized carbons (Fsp3) is 0.613. The highest BCUT2D eigenvalue weighted by atomic mass is 16.5. The molecule has 7 nitrogen and oxygen atoms in total. The van der Waals surface area contributed by atoms with Gasteiger partial charge in [0.1, 0.15) is 5.75 Å². The van der Waals surface area contributed by atoms with E-state index < -0.39 is 25.2 Å². The molecule has 0 atom stereocenters. The van der Waals surface area contributed by atoms with Crippen molar-refractivity contribution >= 4 is 11.9 Å². The van der Waals surface area contributed by atoms with Gasteiger partial charge in [-0.3, -0.25) is 0 Å². The van der Waals surface area contributed by atoms with Crippen molar-refractivity contribution in [2.45, 2.75) is 71.1 Å². The van der Waals surface area contributed by atoms with Crippen molar-refractivity contribution in [1.82, 2.24) is 0 Å². The second-order valence-corrected chi connectivity index (χ2v) is 10.4. The van der Waals surface area contributed by atoms with Gasteiger partial charge in [0, 0.05) is 5.92 Å². The number of carbonyl (C=O) groups is 2. The van der Waals surface area contributed by atoms with Crippen LogP contribution in [0.25, 0.3) is 0 Å². The van der Waals surface area contributed by atoms with Crippen molar-refractivity contribution in [3.8, 4) is 5.75 Å². The Morgan fingerprint density at radius 1 is 0.895 bits per heavy atom. The summed E-state index contributed by atoms with van der Waals surface area (Å²) in [6.07, 6.45) is 11.0. The zero-order valence-corrected chi connectivity index (χ0v) is 23.0. The smallest absolute Gasteiger partial charge is 0.335 e. The third kappa shape index (κ3) is 11.4. The lowest BCUT2D eigenvalue weighted by molar-refractivity contribution is -0.146. The molecule has 0 aliphatic heterocycles. The maximum Gasteiger partial charge on any atom is 0.335 e. The number of ether oxygens (including phenoxy) is 3. The van der Waals surface area contributed by atoms with Crippen molar-refractivity contribution in [1.29, 1.82) is 0 Å². The predicted octanol–water partition coefficient (Wildman–Crippen LogP) is 5.18. The Morgan fingerprint density at radius 2 is 1.47 bits per heavy atom. The number of hydrogen-bond donors (Lipinski definition) is 2. The summed E-state index contributed by atoms with van der Waals surface area (Å²) in [5.41, 5.74) is 1.34. The van der Waals surface area contributed by atoms with E-state index in [4.69, 9.17) is 24.4 Å². The number of unbranched alkanes of at least 4 members (excludes halogenated alkanes) is 2. The van der Waals surface area contributed by atoms with Crippen LogP contribution < -0.4 is 4.74 Å². The first-order chi connectivity index (χ1) is 18.4. The Hall–Kier alpha value is -2.64. The largest absolute Gasteiger partial charge is 0.494 e. The van der Waals surface area contributed by atoms with Crippen LogP contribution in [0.3, 0.4) is 0 Å². The number of esters is 2. The van der Waals surface area contributed by atoms with Crippen LogP contribution in [0, 0.1) is 17.8 Å². The van der Waals surface area contributed by atoms with Crippen LogP contribution in [0.15, 0.2) is 48.6 Å². The number of hydrogen-bond acceptors (Lipinski definition) is 7. The van der Waals surface area contributed by atoms with Crippen LogP contribution in [0.1, 0.15) is 70.3 Å². The van der Waals surface area contributed by atoms with E-state index in [1.165, 1.54) is 24.8 Å². The minimum atomic E-state index is -0.650. The first-order valence-corrected chi connectivity index (χ1v) is 14.0. The SMILES string of the molecule is C=C(CO)C(=O)OCC(COC(=O)C(=C)CO)C1CCC(CCCOc2ccc(CCCCC)cc2)CC1. The summed E-state index contributed by atoms with van der Waals surface area (Å²) >= 11 is 0. The van der Waals surface area contributed by atoms with Crippen molar-refractivity contribution in [2.75, 3.05) is 33.0 Å². The fourth-order valence-electron chi connectivity index (χ4n) is 4.86. The van der Waals surface area contributed by atoms with Gasteiger partial charge in [0.2, 0.25) is 0 Å². The Bertz CT molecular complexity index is 837. The standard InChI is InChI=1S/C31H46O7/c1-4-5-6-8-25-12-16-29(17-13-25)36-18-7-9-26-10-14-27(15-11-26)28(21-37-30(34)23(2)19-32)22-38-31(35)24(3)20-33/h12-13,16-17,26-28,32-33H,2-11,14-15,18-22H2,1H3. The van der Waals surface area contributed by atoms with Crippen molar-refractivity contribution < 1.29 is 34.0 Å². The highest BCUT2D eigenvalue weighted by molar-refractivity contribution is 5.88. The minimum Gasteiger partial charge on any atom is -0.494 e. The zero-order valence-electron chi connectivity index (χ0n) is 23.0. The lowest BCUT2D eigenvalue weighted by Gasteiger charge is -2.33. The number of carbonyl (C=O) groups excluding carboxylic acids is 2. The number of rotatable bonds is 18. The molecular formula is C31H46O7. The molecule has 0 heterocycles. The van der Waals surface area contributed by atoms with Crippen LogP contribution in [-0.2, 0) is 25.5 Å². The lowest BCUT2D eigenvalue weighted by Crippen LogP contribution is -2.31. The van der Waals surface area contributed by atoms with Gasteiger partial charge in [-0.2, -0.15) is 0 Å². The molecule has 0 radical (unpaired) electrons. The summed E-state index contributed by atoms with van der Waals surface area (Å²) in [4.78, 5) is 24.0. The third-order valence-electron chi connectivity index (χ3n) is 7.39. The number of aryl methyl sites for hydroxylation is 1. The second kappa shape index (κ2) is 17.8. The van der Waals surface area contributed by atoms with Gasteiger partial charge in [-0.15, -0.1) is 0 Å². The van der Waals surface area contributed by atoms with Gasteiger partial charge >= 0.3 is 11.9 Å². The number of aliphatic hydroxyl groups is 2. The van der Waals surface area contributed by atoms with E-state index in [0.717, 1.165) is 50.7 Å². The molecule has 1 aliphatic rings. The maximum absolute atomic E-state index is 12.0.